The normalized spacial score (nSPS) is 20.1. The van der Waals surface area contributed by atoms with E-state index in [1.54, 1.807) is 6.07 Å². The number of aromatic nitrogens is 2. The molecule has 1 aliphatic rings. The highest BCUT2D eigenvalue weighted by Gasteiger charge is 2.23. The second-order valence-electron chi connectivity index (χ2n) is 7.61. The maximum Gasteiger partial charge on any atom is 0.266 e. The summed E-state index contributed by atoms with van der Waals surface area (Å²) in [7, 11) is 0. The molecule has 0 saturated carbocycles. The predicted octanol–water partition coefficient (Wildman–Crippen LogP) is 2.68. The molecule has 6 heteroatoms. The summed E-state index contributed by atoms with van der Waals surface area (Å²) in [5.41, 5.74) is 1.49. The highest BCUT2D eigenvalue weighted by Crippen LogP contribution is 2.21. The van der Waals surface area contributed by atoms with Crippen LogP contribution in [0.4, 0.5) is 0 Å². The molecule has 28 heavy (non-hydrogen) atoms. The lowest BCUT2D eigenvalue weighted by atomic mass is 9.98. The molecule has 3 rings (SSSR count). The summed E-state index contributed by atoms with van der Waals surface area (Å²) in [5, 5.41) is 7.39. The van der Waals surface area contributed by atoms with E-state index in [9.17, 15) is 9.59 Å². The van der Waals surface area contributed by atoms with E-state index in [0.29, 0.717) is 18.6 Å². The molecule has 0 radical (unpaired) electrons. The third-order valence-electron chi connectivity index (χ3n) is 5.56. The number of rotatable bonds is 7. The van der Waals surface area contributed by atoms with Gasteiger partial charge in [0.25, 0.3) is 5.56 Å². The molecule has 2 unspecified atom stereocenters. The van der Waals surface area contributed by atoms with Gasteiger partial charge in [-0.2, -0.15) is 5.10 Å². The summed E-state index contributed by atoms with van der Waals surface area (Å²) in [6, 6.07) is 14.1. The molecule has 1 aromatic heterocycles. The van der Waals surface area contributed by atoms with Crippen LogP contribution in [0.5, 0.6) is 0 Å². The largest absolute Gasteiger partial charge is 0.355 e. The summed E-state index contributed by atoms with van der Waals surface area (Å²) in [6.07, 6.45) is 3.99. The van der Waals surface area contributed by atoms with Gasteiger partial charge in [0, 0.05) is 43.2 Å². The Labute approximate surface area is 166 Å². The van der Waals surface area contributed by atoms with Crippen molar-refractivity contribution in [1.29, 1.82) is 0 Å². The lowest BCUT2D eigenvalue weighted by Gasteiger charge is -2.39. The number of nitrogens with one attached hydrogen (secondary N) is 1. The topological polar surface area (TPSA) is 67.2 Å². The highest BCUT2D eigenvalue weighted by atomic mass is 16.2. The van der Waals surface area contributed by atoms with Crippen LogP contribution >= 0.6 is 0 Å². The van der Waals surface area contributed by atoms with E-state index in [4.69, 9.17) is 0 Å². The van der Waals surface area contributed by atoms with Crippen LogP contribution in [-0.4, -0.2) is 45.8 Å². The quantitative estimate of drug-likeness (QED) is 0.799. The van der Waals surface area contributed by atoms with Crippen LogP contribution in [0.3, 0.4) is 0 Å². The summed E-state index contributed by atoms with van der Waals surface area (Å²) in [6.45, 7) is 6.31. The number of aryl methyl sites for hydroxylation is 1. The Morgan fingerprint density at radius 3 is 2.50 bits per heavy atom. The summed E-state index contributed by atoms with van der Waals surface area (Å²) < 4.78 is 1.37. The van der Waals surface area contributed by atoms with Gasteiger partial charge in [-0.15, -0.1) is 0 Å². The van der Waals surface area contributed by atoms with Gasteiger partial charge in [0.05, 0.1) is 12.2 Å². The maximum absolute atomic E-state index is 12.2. The van der Waals surface area contributed by atoms with Crippen LogP contribution in [0.25, 0.3) is 11.3 Å². The number of nitrogens with zero attached hydrogens (tertiary/aromatic N) is 3. The average Bonchev–Trinajstić information content (AvgIpc) is 2.70. The molecule has 0 spiro atoms. The third kappa shape index (κ3) is 5.29. The van der Waals surface area contributed by atoms with Gasteiger partial charge in [0.1, 0.15) is 0 Å². The second kappa shape index (κ2) is 9.64. The molecular formula is C22H30N4O2. The van der Waals surface area contributed by atoms with Crippen LogP contribution in [0.15, 0.2) is 47.3 Å². The number of piperidine rings is 1. The zero-order valence-corrected chi connectivity index (χ0v) is 16.8. The summed E-state index contributed by atoms with van der Waals surface area (Å²) >= 11 is 0. The molecule has 1 N–H and O–H groups in total. The standard InChI is InChI=1S/C22H30N4O2/c1-17-7-6-8-18(2)25(17)16-14-23-21(27)13-15-26-22(28)12-11-20(24-26)19-9-4-3-5-10-19/h3-5,9-12,17-18H,6-8,13-16H2,1-2H3,(H,23,27). The fraction of sp³-hybridized carbons (Fsp3) is 0.500. The molecule has 1 aliphatic heterocycles. The number of benzene rings is 1. The molecule has 2 heterocycles. The van der Waals surface area contributed by atoms with Crippen LogP contribution < -0.4 is 10.9 Å². The zero-order chi connectivity index (χ0) is 19.9. The van der Waals surface area contributed by atoms with E-state index in [-0.39, 0.29) is 24.4 Å². The van der Waals surface area contributed by atoms with Crippen molar-refractivity contribution in [1.82, 2.24) is 20.0 Å². The SMILES string of the molecule is CC1CCCC(C)N1CCNC(=O)CCn1nc(-c2ccccc2)ccc1=O. The Balaban J connectivity index is 1.50. The second-order valence-corrected chi connectivity index (χ2v) is 7.61. The van der Waals surface area contributed by atoms with Gasteiger partial charge < -0.3 is 5.32 Å². The first-order valence-corrected chi connectivity index (χ1v) is 10.2. The Bertz CT molecular complexity index is 824. The monoisotopic (exact) mass is 382 g/mol. The molecule has 1 fully saturated rings. The minimum atomic E-state index is -0.191. The fourth-order valence-electron chi connectivity index (χ4n) is 3.91. The molecule has 2 atom stereocenters. The summed E-state index contributed by atoms with van der Waals surface area (Å²) in [4.78, 5) is 26.8. The fourth-order valence-corrected chi connectivity index (χ4v) is 3.91. The molecule has 0 bridgehead atoms. The van der Waals surface area contributed by atoms with Crippen LogP contribution in [0.2, 0.25) is 0 Å². The van der Waals surface area contributed by atoms with Crippen molar-refractivity contribution in [3.8, 4) is 11.3 Å². The highest BCUT2D eigenvalue weighted by molar-refractivity contribution is 5.75. The lowest BCUT2D eigenvalue weighted by molar-refractivity contribution is -0.121. The molecular weight excluding hydrogens is 352 g/mol. The van der Waals surface area contributed by atoms with Gasteiger partial charge >= 0.3 is 0 Å². The van der Waals surface area contributed by atoms with Gasteiger partial charge in [-0.05, 0) is 32.8 Å². The first kappa shape index (κ1) is 20.3. The molecule has 150 valence electrons. The molecule has 1 aromatic carbocycles. The van der Waals surface area contributed by atoms with E-state index in [0.717, 1.165) is 17.8 Å². The van der Waals surface area contributed by atoms with Crippen LogP contribution in [0.1, 0.15) is 39.5 Å². The number of carbonyl (C=O) groups excluding carboxylic acids is 1. The zero-order valence-electron chi connectivity index (χ0n) is 16.8. The molecule has 0 aliphatic carbocycles. The van der Waals surface area contributed by atoms with Gasteiger partial charge in [-0.25, -0.2) is 4.68 Å². The van der Waals surface area contributed by atoms with Crippen LogP contribution in [-0.2, 0) is 11.3 Å². The number of likely N-dealkylation sites (tertiary alicyclic amines) is 1. The minimum Gasteiger partial charge on any atom is -0.355 e. The number of carbonyl (C=O) groups is 1. The van der Waals surface area contributed by atoms with Crippen molar-refractivity contribution in [2.24, 2.45) is 0 Å². The van der Waals surface area contributed by atoms with Crippen molar-refractivity contribution < 1.29 is 4.79 Å². The van der Waals surface area contributed by atoms with Crippen molar-refractivity contribution in [3.05, 3.63) is 52.8 Å². The van der Waals surface area contributed by atoms with Gasteiger partial charge in [-0.3, -0.25) is 14.5 Å². The minimum absolute atomic E-state index is 0.0453. The Hall–Kier alpha value is -2.47. The average molecular weight is 383 g/mol. The Morgan fingerprint density at radius 1 is 1.07 bits per heavy atom. The van der Waals surface area contributed by atoms with Crippen molar-refractivity contribution >= 4 is 5.91 Å². The molecule has 2 aromatic rings. The molecule has 1 amide bonds. The Kier molecular flexibility index (Phi) is 6.98. The van der Waals surface area contributed by atoms with E-state index in [1.807, 2.05) is 30.3 Å². The summed E-state index contributed by atoms with van der Waals surface area (Å²) in [5.74, 6) is -0.0453. The third-order valence-corrected chi connectivity index (χ3v) is 5.56. The van der Waals surface area contributed by atoms with Crippen LogP contribution in [0, 0.1) is 0 Å². The van der Waals surface area contributed by atoms with E-state index >= 15 is 0 Å². The maximum atomic E-state index is 12.2. The van der Waals surface area contributed by atoms with Gasteiger partial charge in [-0.1, -0.05) is 36.8 Å². The molecule has 1 saturated heterocycles. The smallest absolute Gasteiger partial charge is 0.266 e. The predicted molar refractivity (Wildman–Crippen MR) is 111 cm³/mol. The van der Waals surface area contributed by atoms with Crippen molar-refractivity contribution in [3.63, 3.8) is 0 Å². The van der Waals surface area contributed by atoms with E-state index < -0.39 is 0 Å². The lowest BCUT2D eigenvalue weighted by Crippen LogP contribution is -2.47. The van der Waals surface area contributed by atoms with E-state index in [1.165, 1.54) is 30.0 Å². The number of hydrogen-bond acceptors (Lipinski definition) is 4. The first-order chi connectivity index (χ1) is 13.5. The van der Waals surface area contributed by atoms with E-state index in [2.05, 4.69) is 29.2 Å². The first-order valence-electron chi connectivity index (χ1n) is 10.2. The molecule has 6 nitrogen and oxygen atoms in total. The van der Waals surface area contributed by atoms with Crippen molar-refractivity contribution in [2.45, 2.75) is 58.2 Å². The van der Waals surface area contributed by atoms with Gasteiger partial charge in [0.2, 0.25) is 5.91 Å². The number of hydrogen-bond donors (Lipinski definition) is 1. The Morgan fingerprint density at radius 2 is 1.79 bits per heavy atom. The van der Waals surface area contributed by atoms with Gasteiger partial charge in [0.15, 0.2) is 0 Å². The number of amides is 1. The van der Waals surface area contributed by atoms with Crippen molar-refractivity contribution in [2.75, 3.05) is 13.1 Å².